The highest BCUT2D eigenvalue weighted by Gasteiger charge is 2.32. The molecule has 0 aliphatic carbocycles. The van der Waals surface area contributed by atoms with Gasteiger partial charge in [-0.3, -0.25) is 0 Å². The maximum absolute atomic E-state index is 12.6. The largest absolute Gasteiger partial charge is 0.374 e. The first-order valence-electron chi connectivity index (χ1n) is 3.72. The van der Waals surface area contributed by atoms with E-state index in [0.717, 1.165) is 0 Å². The van der Waals surface area contributed by atoms with Gasteiger partial charge >= 0.3 is 5.82 Å². The van der Waals surface area contributed by atoms with Crippen LogP contribution in [0.2, 0.25) is 5.02 Å². The Morgan fingerprint density at radius 1 is 1.47 bits per heavy atom. The smallest absolute Gasteiger partial charge is 0.358 e. The normalized spacial score (nSPS) is 11.8. The highest BCUT2D eigenvalue weighted by Crippen LogP contribution is 2.38. The van der Waals surface area contributed by atoms with Gasteiger partial charge in [-0.25, -0.2) is 17.2 Å². The van der Waals surface area contributed by atoms with Gasteiger partial charge in [-0.1, -0.05) is 11.6 Å². The lowest BCUT2D eigenvalue weighted by Crippen LogP contribution is -2.04. The van der Waals surface area contributed by atoms with Crippen molar-refractivity contribution in [2.75, 3.05) is 0 Å². The number of rotatable bonds is 3. The van der Waals surface area contributed by atoms with Crippen molar-refractivity contribution in [2.45, 2.75) is 11.3 Å². The van der Waals surface area contributed by atoms with Crippen LogP contribution in [0.25, 0.3) is 0 Å². The number of hydrogen-bond donors (Lipinski definition) is 0. The number of alkyl halides is 2. The Balaban J connectivity index is 3.67. The summed E-state index contributed by atoms with van der Waals surface area (Å²) in [6.45, 7) is 0. The predicted molar refractivity (Wildman–Crippen MR) is 53.9 cm³/mol. The van der Waals surface area contributed by atoms with Gasteiger partial charge in [0, 0.05) is 10.7 Å². The summed E-state index contributed by atoms with van der Waals surface area (Å²) >= 11 is 5.35. The molecule has 0 unspecified atom stereocenters. The van der Waals surface area contributed by atoms with Gasteiger partial charge in [-0.2, -0.15) is 0 Å². The van der Waals surface area contributed by atoms with Gasteiger partial charge in [0.25, 0.3) is 15.5 Å². The van der Waals surface area contributed by atoms with E-state index in [1.54, 1.807) is 0 Å². The molecule has 1 aromatic rings. The van der Waals surface area contributed by atoms with Crippen LogP contribution < -0.4 is 0 Å². The van der Waals surface area contributed by atoms with Crippen LogP contribution >= 0.6 is 22.3 Å². The quantitative estimate of drug-likeness (QED) is 0.486. The van der Waals surface area contributed by atoms with Crippen LogP contribution in [0.4, 0.5) is 14.6 Å². The third-order valence-corrected chi connectivity index (χ3v) is 3.50. The molecule has 0 spiro atoms. The maximum atomic E-state index is 12.6. The number of hydrogen-bond acceptors (Lipinski definition) is 5. The Morgan fingerprint density at radius 3 is 2.35 bits per heavy atom. The van der Waals surface area contributed by atoms with E-state index in [2.05, 4.69) is 4.98 Å². The average molecular weight is 307 g/mol. The van der Waals surface area contributed by atoms with Crippen molar-refractivity contribution in [3.8, 4) is 0 Å². The van der Waals surface area contributed by atoms with Crippen LogP contribution in [0, 0.1) is 10.1 Å². The number of aromatic nitrogens is 1. The molecular formula is C6H2Cl2F2N2O4S. The summed E-state index contributed by atoms with van der Waals surface area (Å²) in [6, 6.07) is 0. The van der Waals surface area contributed by atoms with E-state index in [-0.39, 0.29) is 0 Å². The Hall–Kier alpha value is -1.06. The molecule has 1 rings (SSSR count). The molecule has 0 fully saturated rings. The van der Waals surface area contributed by atoms with E-state index in [1.165, 1.54) is 0 Å². The third kappa shape index (κ3) is 2.79. The fourth-order valence-electron chi connectivity index (χ4n) is 0.986. The second-order valence-electron chi connectivity index (χ2n) is 2.67. The number of halogens is 4. The zero-order valence-electron chi connectivity index (χ0n) is 7.60. The van der Waals surface area contributed by atoms with E-state index in [1.807, 2.05) is 0 Å². The van der Waals surface area contributed by atoms with Crippen LogP contribution in [0.1, 0.15) is 12.0 Å². The van der Waals surface area contributed by atoms with Gasteiger partial charge in [-0.05, 0) is 9.91 Å². The summed E-state index contributed by atoms with van der Waals surface area (Å²) in [5.74, 6) is -1.21. The molecule has 1 heterocycles. The third-order valence-electron chi connectivity index (χ3n) is 1.65. The van der Waals surface area contributed by atoms with Gasteiger partial charge in [0.15, 0.2) is 6.20 Å². The molecule has 0 saturated heterocycles. The first kappa shape index (κ1) is 14.0. The summed E-state index contributed by atoms with van der Waals surface area (Å²) in [7, 11) is 0.495. The van der Waals surface area contributed by atoms with Gasteiger partial charge in [-0.15, -0.1) is 0 Å². The Morgan fingerprint density at radius 2 is 2.00 bits per heavy atom. The van der Waals surface area contributed by atoms with E-state index >= 15 is 0 Å². The number of nitro groups is 1. The maximum Gasteiger partial charge on any atom is 0.374 e. The van der Waals surface area contributed by atoms with Crippen molar-refractivity contribution >= 4 is 37.2 Å². The highest BCUT2D eigenvalue weighted by atomic mass is 35.7. The molecule has 0 amide bonds. The summed E-state index contributed by atoms with van der Waals surface area (Å²) in [6.07, 6.45) is -2.90. The SMILES string of the molecule is O=[N+]([O-])c1ncc(S(=O)(=O)Cl)c(Cl)c1C(F)F. The second kappa shape index (κ2) is 4.67. The van der Waals surface area contributed by atoms with E-state index < -0.39 is 41.7 Å². The first-order valence-corrected chi connectivity index (χ1v) is 6.40. The zero-order valence-corrected chi connectivity index (χ0v) is 9.93. The average Bonchev–Trinajstić information content (AvgIpc) is 2.13. The minimum Gasteiger partial charge on any atom is -0.358 e. The van der Waals surface area contributed by atoms with Gasteiger partial charge < -0.3 is 10.1 Å². The molecule has 0 aromatic carbocycles. The van der Waals surface area contributed by atoms with Crippen molar-refractivity contribution in [3.63, 3.8) is 0 Å². The minimum atomic E-state index is -4.41. The molecule has 94 valence electrons. The zero-order chi connectivity index (χ0) is 13.4. The molecular weight excluding hydrogens is 305 g/mol. The van der Waals surface area contributed by atoms with E-state index in [0.29, 0.717) is 6.20 Å². The molecule has 0 atom stereocenters. The Kier molecular flexibility index (Phi) is 3.84. The standard InChI is InChI=1S/C6H2Cl2F2N2O4S/c7-4-2(17(8,15)16)1-11-6(12(13)14)3(4)5(9)10/h1,5H. The molecule has 11 heteroatoms. The van der Waals surface area contributed by atoms with Gasteiger partial charge in [0.1, 0.15) is 10.5 Å². The molecule has 0 radical (unpaired) electrons. The lowest BCUT2D eigenvalue weighted by molar-refractivity contribution is -0.391. The Labute approximate surface area is 103 Å². The van der Waals surface area contributed by atoms with Crippen molar-refractivity contribution in [1.29, 1.82) is 0 Å². The molecule has 0 aliphatic heterocycles. The van der Waals surface area contributed by atoms with Crippen LogP contribution in [0.5, 0.6) is 0 Å². The number of pyridine rings is 1. The molecule has 0 N–H and O–H groups in total. The summed E-state index contributed by atoms with van der Waals surface area (Å²) in [5, 5.41) is 9.40. The van der Waals surface area contributed by atoms with Gasteiger partial charge in [0.2, 0.25) is 0 Å². The molecule has 6 nitrogen and oxygen atoms in total. The topological polar surface area (TPSA) is 90.2 Å². The first-order chi connectivity index (χ1) is 7.66. The monoisotopic (exact) mass is 306 g/mol. The van der Waals surface area contributed by atoms with Crippen LogP contribution in [-0.4, -0.2) is 18.3 Å². The van der Waals surface area contributed by atoms with Crippen molar-refractivity contribution in [3.05, 3.63) is 26.9 Å². The van der Waals surface area contributed by atoms with E-state index in [9.17, 15) is 27.3 Å². The lowest BCUT2D eigenvalue weighted by Gasteiger charge is -2.05. The predicted octanol–water partition coefficient (Wildman–Crippen LogP) is 2.51. The van der Waals surface area contributed by atoms with Crippen molar-refractivity contribution in [1.82, 2.24) is 4.98 Å². The van der Waals surface area contributed by atoms with Crippen LogP contribution in [0.15, 0.2) is 11.1 Å². The fraction of sp³-hybridized carbons (Fsp3) is 0.167. The summed E-state index contributed by atoms with van der Waals surface area (Å²) < 4.78 is 47.0. The van der Waals surface area contributed by atoms with E-state index in [4.69, 9.17) is 22.3 Å². The summed E-state index contributed by atoms with van der Waals surface area (Å²) in [5.41, 5.74) is -1.28. The van der Waals surface area contributed by atoms with Gasteiger partial charge in [0.05, 0.1) is 5.02 Å². The minimum absolute atomic E-state index is 0.453. The molecule has 0 bridgehead atoms. The van der Waals surface area contributed by atoms with Crippen molar-refractivity contribution < 1.29 is 22.1 Å². The highest BCUT2D eigenvalue weighted by molar-refractivity contribution is 8.13. The molecule has 0 aliphatic rings. The molecule has 1 aromatic heterocycles. The summed E-state index contributed by atoms with van der Waals surface area (Å²) in [4.78, 5) is 11.3. The molecule has 17 heavy (non-hydrogen) atoms. The van der Waals surface area contributed by atoms with Crippen LogP contribution in [-0.2, 0) is 9.05 Å². The van der Waals surface area contributed by atoms with Crippen LogP contribution in [0.3, 0.4) is 0 Å². The number of nitrogens with zero attached hydrogens (tertiary/aromatic N) is 2. The second-order valence-corrected chi connectivity index (χ2v) is 5.58. The molecule has 0 saturated carbocycles. The Bertz CT molecular complexity index is 578. The lowest BCUT2D eigenvalue weighted by atomic mass is 10.2. The fourth-order valence-corrected chi connectivity index (χ4v) is 2.48. The van der Waals surface area contributed by atoms with Crippen molar-refractivity contribution in [2.24, 2.45) is 0 Å².